The van der Waals surface area contributed by atoms with Gasteiger partial charge in [-0.1, -0.05) is 57.1 Å². The highest BCUT2D eigenvalue weighted by Crippen LogP contribution is 2.32. The van der Waals surface area contributed by atoms with Crippen LogP contribution in [-0.2, 0) is 0 Å². The lowest BCUT2D eigenvalue weighted by molar-refractivity contribution is 0.296. The summed E-state index contributed by atoms with van der Waals surface area (Å²) in [7, 11) is 5.71. The number of pyridine rings is 1. The molecule has 0 atom stereocenters. The summed E-state index contributed by atoms with van der Waals surface area (Å²) in [4.78, 5) is 4.41. The Hall–Kier alpha value is -2.03. The molecule has 0 fully saturated rings. The first-order chi connectivity index (χ1) is 9.38. The Bertz CT molecular complexity index is 612. The van der Waals surface area contributed by atoms with Gasteiger partial charge < -0.3 is 4.74 Å². The van der Waals surface area contributed by atoms with E-state index in [1.807, 2.05) is 36.4 Å². The minimum atomic E-state index is -0.117. The van der Waals surface area contributed by atoms with Crippen LogP contribution in [0, 0.1) is 5.41 Å². The molecule has 2 radical (unpaired) electrons. The molecule has 1 heterocycles. The summed E-state index contributed by atoms with van der Waals surface area (Å²) in [5, 5.41) is 0. The maximum atomic E-state index is 5.91. The normalized spacial score (nSPS) is 11.2. The first-order valence-electron chi connectivity index (χ1n) is 6.56. The lowest BCUT2D eigenvalue weighted by Gasteiger charge is -2.22. The van der Waals surface area contributed by atoms with Gasteiger partial charge in [-0.05, 0) is 12.1 Å². The molecule has 2 nitrogen and oxygen atoms in total. The second-order valence-electron chi connectivity index (χ2n) is 5.75. The Morgan fingerprint density at radius 2 is 1.80 bits per heavy atom. The van der Waals surface area contributed by atoms with E-state index in [1.54, 1.807) is 6.20 Å². The Balaban J connectivity index is 2.36. The molecule has 1 aromatic heterocycles. The largest absolute Gasteiger partial charge is 0.460 e. The van der Waals surface area contributed by atoms with E-state index in [4.69, 9.17) is 12.6 Å². The third-order valence-electron chi connectivity index (χ3n) is 3.02. The molecule has 0 saturated carbocycles. The lowest BCUT2D eigenvalue weighted by atomic mass is 9.94. The van der Waals surface area contributed by atoms with Gasteiger partial charge in [0.25, 0.3) is 0 Å². The molecule has 0 spiro atoms. The minimum Gasteiger partial charge on any atom is -0.460 e. The standard InChI is InChI=1S/C17H18BNO/c1-12(17(2,3)4)20-15-6-5-11-19-16(15)13-7-9-14(18)10-8-13/h5-11H,1H2,2-4H3. The molecule has 0 amide bonds. The zero-order valence-electron chi connectivity index (χ0n) is 12.2. The van der Waals surface area contributed by atoms with Gasteiger partial charge in [-0.15, -0.1) is 0 Å². The summed E-state index contributed by atoms with van der Waals surface area (Å²) in [6.45, 7) is 10.2. The quantitative estimate of drug-likeness (QED) is 0.624. The molecule has 100 valence electrons. The van der Waals surface area contributed by atoms with E-state index in [0.717, 1.165) is 16.7 Å². The van der Waals surface area contributed by atoms with Crippen molar-refractivity contribution >= 4 is 13.3 Å². The monoisotopic (exact) mass is 263 g/mol. The topological polar surface area (TPSA) is 22.1 Å². The van der Waals surface area contributed by atoms with Gasteiger partial charge in [0.15, 0.2) is 5.75 Å². The predicted molar refractivity (Wildman–Crippen MR) is 84.3 cm³/mol. The molecule has 2 aromatic rings. The number of hydrogen-bond acceptors (Lipinski definition) is 2. The van der Waals surface area contributed by atoms with E-state index in [0.29, 0.717) is 11.5 Å². The van der Waals surface area contributed by atoms with Crippen LogP contribution in [-0.4, -0.2) is 12.8 Å². The molecular formula is C17H18BNO. The third kappa shape index (κ3) is 3.29. The van der Waals surface area contributed by atoms with Crippen LogP contribution in [0.3, 0.4) is 0 Å². The highest BCUT2D eigenvalue weighted by atomic mass is 16.5. The van der Waals surface area contributed by atoms with Gasteiger partial charge >= 0.3 is 0 Å². The minimum absolute atomic E-state index is 0.117. The Morgan fingerprint density at radius 1 is 1.15 bits per heavy atom. The van der Waals surface area contributed by atoms with Crippen molar-refractivity contribution in [2.45, 2.75) is 20.8 Å². The first kappa shape index (κ1) is 14.4. The first-order valence-corrected chi connectivity index (χ1v) is 6.56. The van der Waals surface area contributed by atoms with Crippen molar-refractivity contribution in [3.8, 4) is 17.0 Å². The van der Waals surface area contributed by atoms with E-state index in [1.165, 1.54) is 0 Å². The SMILES string of the molecule is [B]c1ccc(-c2ncccc2OC(=C)C(C)(C)C)cc1. The Morgan fingerprint density at radius 3 is 2.40 bits per heavy atom. The average Bonchev–Trinajstić information content (AvgIpc) is 2.39. The summed E-state index contributed by atoms with van der Waals surface area (Å²) in [6, 6.07) is 11.3. The molecule has 0 bridgehead atoms. The van der Waals surface area contributed by atoms with Gasteiger partial charge in [0.05, 0.1) is 0 Å². The number of benzene rings is 1. The van der Waals surface area contributed by atoms with Gasteiger partial charge in [0.1, 0.15) is 19.3 Å². The van der Waals surface area contributed by atoms with E-state index >= 15 is 0 Å². The van der Waals surface area contributed by atoms with E-state index in [-0.39, 0.29) is 5.41 Å². The fourth-order valence-corrected chi connectivity index (χ4v) is 1.62. The summed E-state index contributed by atoms with van der Waals surface area (Å²) in [5.41, 5.74) is 2.37. The van der Waals surface area contributed by atoms with Crippen molar-refractivity contribution in [2.75, 3.05) is 0 Å². The van der Waals surface area contributed by atoms with Crippen LogP contribution in [0.2, 0.25) is 0 Å². The maximum Gasteiger partial charge on any atom is 0.153 e. The van der Waals surface area contributed by atoms with Crippen LogP contribution < -0.4 is 10.2 Å². The second kappa shape index (κ2) is 5.54. The summed E-state index contributed by atoms with van der Waals surface area (Å²) >= 11 is 0. The number of hydrogen-bond donors (Lipinski definition) is 0. The summed E-state index contributed by atoms with van der Waals surface area (Å²) < 4.78 is 5.91. The van der Waals surface area contributed by atoms with E-state index in [2.05, 4.69) is 32.3 Å². The predicted octanol–water partition coefficient (Wildman–Crippen LogP) is 3.48. The van der Waals surface area contributed by atoms with Gasteiger partial charge in [-0.2, -0.15) is 0 Å². The molecule has 0 unspecified atom stereocenters. The van der Waals surface area contributed by atoms with Crippen LogP contribution in [0.1, 0.15) is 20.8 Å². The zero-order chi connectivity index (χ0) is 14.8. The van der Waals surface area contributed by atoms with Gasteiger partial charge in [0.2, 0.25) is 0 Å². The number of aromatic nitrogens is 1. The van der Waals surface area contributed by atoms with Gasteiger partial charge in [0, 0.05) is 17.2 Å². The molecular weight excluding hydrogens is 245 g/mol. The van der Waals surface area contributed by atoms with Crippen molar-refractivity contribution in [1.82, 2.24) is 4.98 Å². The van der Waals surface area contributed by atoms with Gasteiger partial charge in [-0.3, -0.25) is 4.98 Å². The zero-order valence-corrected chi connectivity index (χ0v) is 12.2. The lowest BCUT2D eigenvalue weighted by Crippen LogP contribution is -2.14. The molecule has 3 heteroatoms. The van der Waals surface area contributed by atoms with Crippen molar-refractivity contribution in [2.24, 2.45) is 5.41 Å². The van der Waals surface area contributed by atoms with E-state index in [9.17, 15) is 0 Å². The van der Waals surface area contributed by atoms with Crippen LogP contribution in [0.25, 0.3) is 11.3 Å². The molecule has 20 heavy (non-hydrogen) atoms. The third-order valence-corrected chi connectivity index (χ3v) is 3.02. The molecule has 0 N–H and O–H groups in total. The fraction of sp³-hybridized carbons (Fsp3) is 0.235. The Labute approximate surface area is 121 Å². The number of nitrogens with zero attached hydrogens (tertiary/aromatic N) is 1. The van der Waals surface area contributed by atoms with Crippen LogP contribution in [0.5, 0.6) is 5.75 Å². The number of allylic oxidation sites excluding steroid dienone is 1. The van der Waals surface area contributed by atoms with Crippen molar-refractivity contribution in [3.63, 3.8) is 0 Å². The van der Waals surface area contributed by atoms with Crippen molar-refractivity contribution in [1.29, 1.82) is 0 Å². The Kier molecular flexibility index (Phi) is 3.98. The fourth-order valence-electron chi connectivity index (χ4n) is 1.62. The van der Waals surface area contributed by atoms with Crippen molar-refractivity contribution in [3.05, 3.63) is 54.9 Å². The summed E-state index contributed by atoms with van der Waals surface area (Å²) in [6.07, 6.45) is 1.75. The van der Waals surface area contributed by atoms with Crippen molar-refractivity contribution < 1.29 is 4.74 Å². The maximum absolute atomic E-state index is 5.91. The molecule has 0 saturated heterocycles. The molecule has 1 aromatic carbocycles. The highest BCUT2D eigenvalue weighted by molar-refractivity contribution is 6.32. The van der Waals surface area contributed by atoms with Crippen LogP contribution in [0.15, 0.2) is 54.9 Å². The molecule has 0 aliphatic carbocycles. The van der Waals surface area contributed by atoms with Gasteiger partial charge in [-0.25, -0.2) is 0 Å². The summed E-state index contributed by atoms with van der Waals surface area (Å²) in [5.74, 6) is 1.42. The smallest absolute Gasteiger partial charge is 0.153 e. The molecule has 0 aliphatic rings. The van der Waals surface area contributed by atoms with Crippen LogP contribution >= 0.6 is 0 Å². The molecule has 0 aliphatic heterocycles. The number of rotatable bonds is 3. The van der Waals surface area contributed by atoms with E-state index < -0.39 is 0 Å². The number of ether oxygens (including phenoxy) is 1. The second-order valence-corrected chi connectivity index (χ2v) is 5.75. The highest BCUT2D eigenvalue weighted by Gasteiger charge is 2.19. The molecule has 2 rings (SSSR count). The van der Waals surface area contributed by atoms with Crippen LogP contribution in [0.4, 0.5) is 0 Å². The average molecular weight is 263 g/mol.